The van der Waals surface area contributed by atoms with Gasteiger partial charge in [0.2, 0.25) is 5.91 Å². The molecule has 1 aliphatic carbocycles. The standard InChI is InChI=1S/C19H24N6OS/c1-2-12-25-17(15-6-10-21-11-7-15)23-24-18(25)27-13-16(26)22-19(14-20)8-4-3-5-9-19/h6-7,10-11H,2-5,8-9,12-13H2,1H3,(H,22,26). The van der Waals surface area contributed by atoms with Gasteiger partial charge in [0.05, 0.1) is 11.8 Å². The molecule has 8 heteroatoms. The van der Waals surface area contributed by atoms with Crippen LogP contribution in [0.25, 0.3) is 11.4 Å². The molecule has 3 rings (SSSR count). The lowest BCUT2D eigenvalue weighted by atomic mass is 9.83. The molecule has 142 valence electrons. The number of nitrogens with one attached hydrogen (secondary N) is 1. The van der Waals surface area contributed by atoms with Crippen LogP contribution >= 0.6 is 11.8 Å². The van der Waals surface area contributed by atoms with Gasteiger partial charge >= 0.3 is 0 Å². The van der Waals surface area contributed by atoms with Crippen molar-refractivity contribution in [1.82, 2.24) is 25.1 Å². The summed E-state index contributed by atoms with van der Waals surface area (Å²) in [6, 6.07) is 6.12. The average molecular weight is 385 g/mol. The normalized spacial score (nSPS) is 15.9. The number of amides is 1. The highest BCUT2D eigenvalue weighted by Crippen LogP contribution is 2.28. The second kappa shape index (κ2) is 9.00. The number of hydrogen-bond donors (Lipinski definition) is 1. The van der Waals surface area contributed by atoms with Crippen LogP contribution in [-0.4, -0.2) is 36.9 Å². The largest absolute Gasteiger partial charge is 0.337 e. The zero-order chi connectivity index (χ0) is 19.1. The molecular weight excluding hydrogens is 360 g/mol. The Morgan fingerprint density at radius 2 is 2.04 bits per heavy atom. The molecule has 1 saturated carbocycles. The SMILES string of the molecule is CCCn1c(SCC(=O)NC2(C#N)CCCCC2)nnc1-c1ccncc1. The Morgan fingerprint density at radius 1 is 1.30 bits per heavy atom. The number of nitrogens with zero attached hydrogens (tertiary/aromatic N) is 5. The molecule has 0 unspecified atom stereocenters. The van der Waals surface area contributed by atoms with Crippen molar-refractivity contribution in [2.75, 3.05) is 5.75 Å². The zero-order valence-electron chi connectivity index (χ0n) is 15.5. The predicted molar refractivity (Wildman–Crippen MR) is 104 cm³/mol. The maximum Gasteiger partial charge on any atom is 0.231 e. The Kier molecular flexibility index (Phi) is 6.45. The number of rotatable bonds is 7. The number of pyridine rings is 1. The zero-order valence-corrected chi connectivity index (χ0v) is 16.3. The van der Waals surface area contributed by atoms with E-state index < -0.39 is 5.54 Å². The highest BCUT2D eigenvalue weighted by atomic mass is 32.2. The molecule has 0 aromatic carbocycles. The van der Waals surface area contributed by atoms with Gasteiger partial charge in [-0.15, -0.1) is 10.2 Å². The minimum atomic E-state index is -0.699. The Morgan fingerprint density at radius 3 is 2.70 bits per heavy atom. The predicted octanol–water partition coefficient (Wildman–Crippen LogP) is 3.18. The summed E-state index contributed by atoms with van der Waals surface area (Å²) < 4.78 is 2.04. The van der Waals surface area contributed by atoms with Gasteiger partial charge in [0.15, 0.2) is 11.0 Å². The van der Waals surface area contributed by atoms with Gasteiger partial charge in [-0.25, -0.2) is 0 Å². The maximum atomic E-state index is 12.4. The van der Waals surface area contributed by atoms with E-state index in [9.17, 15) is 10.1 Å². The molecule has 1 N–H and O–H groups in total. The second-order valence-electron chi connectivity index (χ2n) is 6.79. The van der Waals surface area contributed by atoms with Crippen molar-refractivity contribution in [3.63, 3.8) is 0 Å². The lowest BCUT2D eigenvalue weighted by Crippen LogP contribution is -2.49. The summed E-state index contributed by atoms with van der Waals surface area (Å²) in [6.45, 7) is 2.87. The number of aromatic nitrogens is 4. The lowest BCUT2D eigenvalue weighted by molar-refractivity contribution is -0.120. The minimum absolute atomic E-state index is 0.125. The fourth-order valence-corrected chi connectivity index (χ4v) is 4.15. The first-order chi connectivity index (χ1) is 13.2. The summed E-state index contributed by atoms with van der Waals surface area (Å²) in [5, 5.41) is 21.8. The Bertz CT molecular complexity index is 807. The smallest absolute Gasteiger partial charge is 0.231 e. The first kappa shape index (κ1) is 19.4. The topological polar surface area (TPSA) is 96.5 Å². The van der Waals surface area contributed by atoms with Crippen LogP contribution in [0.5, 0.6) is 0 Å². The van der Waals surface area contributed by atoms with Gasteiger partial charge in [-0.1, -0.05) is 37.9 Å². The van der Waals surface area contributed by atoms with Crippen LogP contribution in [0.15, 0.2) is 29.7 Å². The highest BCUT2D eigenvalue weighted by Gasteiger charge is 2.33. The monoisotopic (exact) mass is 384 g/mol. The lowest BCUT2D eigenvalue weighted by Gasteiger charge is -2.31. The van der Waals surface area contributed by atoms with Crippen LogP contribution < -0.4 is 5.32 Å². The van der Waals surface area contributed by atoms with Gasteiger partial charge in [0, 0.05) is 24.5 Å². The van der Waals surface area contributed by atoms with E-state index in [1.807, 2.05) is 16.7 Å². The van der Waals surface area contributed by atoms with Gasteiger partial charge in [-0.05, 0) is 31.4 Å². The van der Waals surface area contributed by atoms with E-state index in [-0.39, 0.29) is 11.7 Å². The number of carbonyl (C=O) groups excluding carboxylic acids is 1. The molecule has 0 aliphatic heterocycles. The first-order valence-electron chi connectivity index (χ1n) is 9.36. The molecule has 1 aliphatic rings. The van der Waals surface area contributed by atoms with Gasteiger partial charge in [0.25, 0.3) is 0 Å². The highest BCUT2D eigenvalue weighted by molar-refractivity contribution is 7.99. The molecule has 2 aromatic rings. The van der Waals surface area contributed by atoms with E-state index in [4.69, 9.17) is 0 Å². The van der Waals surface area contributed by atoms with Crippen LogP contribution in [0.1, 0.15) is 45.4 Å². The summed E-state index contributed by atoms with van der Waals surface area (Å²) in [5.74, 6) is 0.879. The Hall–Kier alpha value is -2.40. The molecule has 27 heavy (non-hydrogen) atoms. The summed E-state index contributed by atoms with van der Waals surface area (Å²) in [4.78, 5) is 16.5. The van der Waals surface area contributed by atoms with Gasteiger partial charge in [-0.3, -0.25) is 9.78 Å². The first-order valence-corrected chi connectivity index (χ1v) is 10.3. The molecule has 0 saturated heterocycles. The molecule has 0 spiro atoms. The number of thioether (sulfide) groups is 1. The quantitative estimate of drug-likeness (QED) is 0.737. The summed E-state index contributed by atoms with van der Waals surface area (Å²) in [7, 11) is 0. The van der Waals surface area contributed by atoms with E-state index in [0.29, 0.717) is 5.16 Å². The van der Waals surface area contributed by atoms with Crippen molar-refractivity contribution in [1.29, 1.82) is 5.26 Å². The van der Waals surface area contributed by atoms with Crippen LogP contribution in [-0.2, 0) is 11.3 Å². The van der Waals surface area contributed by atoms with Gasteiger partial charge in [-0.2, -0.15) is 5.26 Å². The van der Waals surface area contributed by atoms with Gasteiger partial charge < -0.3 is 9.88 Å². The van der Waals surface area contributed by atoms with Crippen LogP contribution in [0.2, 0.25) is 0 Å². The summed E-state index contributed by atoms with van der Waals surface area (Å²) >= 11 is 1.36. The van der Waals surface area contributed by atoms with E-state index in [0.717, 1.165) is 56.5 Å². The molecule has 0 radical (unpaired) electrons. The molecule has 2 heterocycles. The van der Waals surface area contributed by atoms with Crippen LogP contribution in [0.3, 0.4) is 0 Å². The number of hydrogen-bond acceptors (Lipinski definition) is 6. The fourth-order valence-electron chi connectivity index (χ4n) is 3.39. The average Bonchev–Trinajstić information content (AvgIpc) is 3.11. The Labute approximate surface area is 163 Å². The fraction of sp³-hybridized carbons (Fsp3) is 0.526. The van der Waals surface area contributed by atoms with Crippen molar-refractivity contribution in [2.45, 2.75) is 62.7 Å². The Balaban J connectivity index is 1.68. The third kappa shape index (κ3) is 4.66. The van der Waals surface area contributed by atoms with Crippen molar-refractivity contribution >= 4 is 17.7 Å². The van der Waals surface area contributed by atoms with E-state index in [1.54, 1.807) is 12.4 Å². The van der Waals surface area contributed by atoms with Crippen molar-refractivity contribution in [3.05, 3.63) is 24.5 Å². The molecule has 0 bridgehead atoms. The van der Waals surface area contributed by atoms with E-state index >= 15 is 0 Å². The second-order valence-corrected chi connectivity index (χ2v) is 7.73. The maximum absolute atomic E-state index is 12.4. The number of carbonyl (C=O) groups is 1. The molecule has 0 atom stereocenters. The van der Waals surface area contributed by atoms with Gasteiger partial charge in [0.1, 0.15) is 5.54 Å². The summed E-state index contributed by atoms with van der Waals surface area (Å²) in [6.07, 6.45) is 8.97. The van der Waals surface area contributed by atoms with Crippen molar-refractivity contribution in [2.24, 2.45) is 0 Å². The van der Waals surface area contributed by atoms with E-state index in [2.05, 4.69) is 33.5 Å². The van der Waals surface area contributed by atoms with Crippen LogP contribution in [0.4, 0.5) is 0 Å². The summed E-state index contributed by atoms with van der Waals surface area (Å²) in [5.41, 5.74) is 0.253. The third-order valence-corrected chi connectivity index (χ3v) is 5.70. The molecule has 7 nitrogen and oxygen atoms in total. The van der Waals surface area contributed by atoms with Crippen LogP contribution in [0, 0.1) is 11.3 Å². The minimum Gasteiger partial charge on any atom is -0.337 e. The molecule has 1 amide bonds. The van der Waals surface area contributed by atoms with E-state index in [1.165, 1.54) is 11.8 Å². The molecule has 1 fully saturated rings. The number of nitriles is 1. The van der Waals surface area contributed by atoms with Crippen molar-refractivity contribution in [3.8, 4) is 17.5 Å². The molecule has 2 aromatic heterocycles. The van der Waals surface area contributed by atoms with Crippen molar-refractivity contribution < 1.29 is 4.79 Å². The third-order valence-electron chi connectivity index (χ3n) is 4.73. The molecular formula is C19H24N6OS.